The second-order valence-electron chi connectivity index (χ2n) is 22.4. The van der Waals surface area contributed by atoms with Gasteiger partial charge in [-0.05, 0) is 47.7 Å². The Morgan fingerprint density at radius 3 is 1.27 bits per heavy atom. The molecule has 2 rings (SSSR count). The average Bonchev–Trinajstić information content (AvgIpc) is 3.11. The Bertz CT molecular complexity index is 1300. The van der Waals surface area contributed by atoms with Crippen molar-refractivity contribution in [2.75, 3.05) is 66.5 Å². The lowest BCUT2D eigenvalue weighted by Gasteiger charge is -2.34. The number of rotatable bonds is 7. The second kappa shape index (κ2) is 30.7. The van der Waals surface area contributed by atoms with Crippen molar-refractivity contribution in [1.29, 1.82) is 5.41 Å². The zero-order valence-corrected chi connectivity index (χ0v) is 43.8. The van der Waals surface area contributed by atoms with Gasteiger partial charge < -0.3 is 48.5 Å². The van der Waals surface area contributed by atoms with Crippen molar-refractivity contribution in [2.24, 2.45) is 49.7 Å². The number of hydrazine groups is 1. The zero-order valence-electron chi connectivity index (χ0n) is 43.8. The minimum absolute atomic E-state index is 0.0537. The monoisotopic (exact) mass is 902 g/mol. The molecule has 0 aromatic heterocycles. The number of hydrogen-bond donors (Lipinski definition) is 10. The number of nitrogens with zero attached hydrogens (tertiary/aromatic N) is 2. The fourth-order valence-electron chi connectivity index (χ4n) is 3.97. The topological polar surface area (TPSA) is 274 Å². The Balaban J connectivity index is -0.000000339. The predicted molar refractivity (Wildman–Crippen MR) is 261 cm³/mol. The third-order valence-corrected chi connectivity index (χ3v) is 9.16. The van der Waals surface area contributed by atoms with Crippen LogP contribution in [-0.4, -0.2) is 129 Å². The molecule has 2 atom stereocenters. The van der Waals surface area contributed by atoms with Gasteiger partial charge in [-0.25, -0.2) is 5.01 Å². The molecule has 1 aliphatic heterocycles. The van der Waals surface area contributed by atoms with Crippen LogP contribution in [0, 0.1) is 37.9 Å². The third kappa shape index (κ3) is 37.7. The van der Waals surface area contributed by atoms with Crippen molar-refractivity contribution in [3.8, 4) is 0 Å². The normalized spacial score (nSPS) is 17.2. The van der Waals surface area contributed by atoms with Gasteiger partial charge in [0.05, 0.1) is 11.3 Å². The summed E-state index contributed by atoms with van der Waals surface area (Å²) in [6.07, 6.45) is 4.45. The highest BCUT2D eigenvalue weighted by Gasteiger charge is 2.29. The Hall–Kier alpha value is -3.38. The lowest BCUT2D eigenvalue weighted by atomic mass is 9.89. The minimum Gasteiger partial charge on any atom is -0.481 e. The first kappa shape index (κ1) is 66.2. The number of carboxylic acid groups (broad SMARTS) is 1. The highest BCUT2D eigenvalue weighted by Crippen LogP contribution is 2.20. The summed E-state index contributed by atoms with van der Waals surface area (Å²) < 4.78 is 0. The van der Waals surface area contributed by atoms with Gasteiger partial charge in [-0.2, -0.15) is 0 Å². The van der Waals surface area contributed by atoms with E-state index in [1.165, 1.54) is 12.8 Å². The molecule has 1 heterocycles. The maximum atomic E-state index is 11.7. The third-order valence-electron chi connectivity index (χ3n) is 9.16. The van der Waals surface area contributed by atoms with Crippen LogP contribution in [0.2, 0.25) is 0 Å². The molecule has 0 radical (unpaired) electrons. The number of carbonyl (C=O) groups excluding carboxylic acids is 4. The van der Waals surface area contributed by atoms with Crippen molar-refractivity contribution >= 4 is 35.4 Å². The summed E-state index contributed by atoms with van der Waals surface area (Å²) in [6.45, 7) is 40.1. The van der Waals surface area contributed by atoms with Crippen molar-refractivity contribution in [3.05, 3.63) is 0 Å². The highest BCUT2D eigenvalue weighted by molar-refractivity contribution is 5.83. The van der Waals surface area contributed by atoms with E-state index in [4.69, 9.17) is 27.7 Å². The molecule has 0 unspecified atom stereocenters. The van der Waals surface area contributed by atoms with Gasteiger partial charge in [0.2, 0.25) is 23.6 Å². The molecule has 1 aliphatic carbocycles. The summed E-state index contributed by atoms with van der Waals surface area (Å²) in [5.74, 6) is -0.146. The van der Waals surface area contributed by atoms with Gasteiger partial charge in [0.1, 0.15) is 0 Å². The van der Waals surface area contributed by atoms with Crippen LogP contribution in [0.5, 0.6) is 0 Å². The first-order chi connectivity index (χ1) is 28.2. The number of likely N-dealkylation sites (N-methyl/N-ethyl adjacent to an activating group) is 2. The zero-order chi connectivity index (χ0) is 50.8. The molecule has 13 N–H and O–H groups in total. The van der Waals surface area contributed by atoms with E-state index in [9.17, 15) is 24.0 Å². The molecule has 0 spiro atoms. The summed E-state index contributed by atoms with van der Waals surface area (Å²) in [7, 11) is 3.96. The maximum Gasteiger partial charge on any atom is 0.308 e. The molecular formula is C46H99N11O6. The van der Waals surface area contributed by atoms with Crippen LogP contribution in [0.3, 0.4) is 0 Å². The summed E-state index contributed by atoms with van der Waals surface area (Å²) in [5.41, 5.74) is 17.4. The largest absolute Gasteiger partial charge is 0.481 e. The van der Waals surface area contributed by atoms with Gasteiger partial charge in [-0.1, -0.05) is 117 Å². The molecule has 2 fully saturated rings. The van der Waals surface area contributed by atoms with Crippen molar-refractivity contribution in [1.82, 2.24) is 36.6 Å². The number of nitrogens with two attached hydrogens (primary N) is 3. The smallest absolute Gasteiger partial charge is 0.308 e. The van der Waals surface area contributed by atoms with E-state index in [0.29, 0.717) is 19.6 Å². The van der Waals surface area contributed by atoms with Gasteiger partial charge in [-0.3, -0.25) is 34.8 Å². The number of amides is 4. The first-order valence-corrected chi connectivity index (χ1v) is 22.5. The minimum atomic E-state index is -0.757. The average molecular weight is 902 g/mol. The molecule has 4 amide bonds. The number of aliphatic carboxylic acids is 1. The van der Waals surface area contributed by atoms with Gasteiger partial charge >= 0.3 is 5.97 Å². The lowest BCUT2D eigenvalue weighted by Crippen LogP contribution is -2.54. The summed E-state index contributed by atoms with van der Waals surface area (Å²) in [6, 6.07) is 0.338. The fourth-order valence-corrected chi connectivity index (χ4v) is 3.97. The highest BCUT2D eigenvalue weighted by atomic mass is 16.4. The SMILES string of the molecule is CC(C)(C)C(=N)N.CC(C)(C)C(=O)NCCN.CC(C)(C)C(=O)N[C@H]1CCCC[C@@H]1N.CC(C)(C)C(=O)O.CN1CCN(NC(=O)C(C)(C)C)CC1.CNCCNC(=O)C(C)(C)C. The summed E-state index contributed by atoms with van der Waals surface area (Å²) in [4.78, 5) is 57.9. The second-order valence-corrected chi connectivity index (χ2v) is 22.4. The van der Waals surface area contributed by atoms with Gasteiger partial charge in [-0.15, -0.1) is 0 Å². The first-order valence-electron chi connectivity index (χ1n) is 22.5. The number of piperazine rings is 1. The number of nitrogens with one attached hydrogen (secondary N) is 6. The van der Waals surface area contributed by atoms with Crippen LogP contribution in [0.4, 0.5) is 0 Å². The maximum absolute atomic E-state index is 11.7. The van der Waals surface area contributed by atoms with E-state index in [-0.39, 0.29) is 68.6 Å². The quantitative estimate of drug-likeness (QED) is 0.0974. The van der Waals surface area contributed by atoms with Crippen LogP contribution >= 0.6 is 0 Å². The number of carbonyl (C=O) groups is 5. The molecule has 2 aliphatic rings. The van der Waals surface area contributed by atoms with Crippen LogP contribution in [0.1, 0.15) is 150 Å². The number of hydrogen-bond acceptors (Lipinski definition) is 11. The van der Waals surface area contributed by atoms with Gasteiger partial charge in [0.15, 0.2) is 0 Å². The molecule has 0 aromatic rings. The number of carboxylic acids is 1. The molecule has 0 bridgehead atoms. The lowest BCUT2D eigenvalue weighted by molar-refractivity contribution is -0.146. The van der Waals surface area contributed by atoms with Crippen LogP contribution in [0.15, 0.2) is 0 Å². The fraction of sp³-hybridized carbons (Fsp3) is 0.870. The predicted octanol–water partition coefficient (Wildman–Crippen LogP) is 4.29. The molecule has 1 saturated carbocycles. The van der Waals surface area contributed by atoms with Crippen LogP contribution < -0.4 is 43.9 Å². The molecule has 63 heavy (non-hydrogen) atoms. The summed E-state index contributed by atoms with van der Waals surface area (Å²) >= 11 is 0. The van der Waals surface area contributed by atoms with Crippen LogP contribution in [0.25, 0.3) is 0 Å². The Labute approximate surface area is 384 Å². The molecular weight excluding hydrogens is 803 g/mol. The van der Waals surface area contributed by atoms with E-state index >= 15 is 0 Å². The molecule has 17 nitrogen and oxygen atoms in total. The molecule has 374 valence electrons. The molecule has 1 saturated heterocycles. The van der Waals surface area contributed by atoms with Gasteiger partial charge in [0.25, 0.3) is 0 Å². The van der Waals surface area contributed by atoms with Crippen LogP contribution in [-0.2, 0) is 24.0 Å². The Morgan fingerprint density at radius 1 is 0.603 bits per heavy atom. The van der Waals surface area contributed by atoms with E-state index in [1.807, 2.05) is 116 Å². The molecule has 17 heteroatoms. The Kier molecular flexibility index (Phi) is 32.3. The standard InChI is InChI=1S/C11H22N2O.C10H21N3O.C8H18N2O.C7H16N2O.C5H12N2.C5H10O2/c1-11(2,3)10(14)13-9-7-5-4-6-8(9)12;1-10(2,3)9(14)11-13-7-5-12(4)6-8-13;1-8(2,3)7(11)10-6-5-9-4;1-7(2,3)6(10)9-5-4-8;2*1-5(2,3)4(6)7/h8-9H,4-7,12H2,1-3H3,(H,13,14);5-8H2,1-4H3,(H,11,14);9H,5-6H2,1-4H3,(H,10,11);4-5,8H2,1-3H3,(H,9,10);1-3H3,(H3,6,7);1-3H3,(H,6,7)/t8-,9-;;;;;/m0...../s1. The van der Waals surface area contributed by atoms with E-state index in [0.717, 1.165) is 45.6 Å². The van der Waals surface area contributed by atoms with Crippen molar-refractivity contribution in [2.45, 2.75) is 162 Å². The van der Waals surface area contributed by atoms with E-state index < -0.39 is 11.4 Å². The summed E-state index contributed by atoms with van der Waals surface area (Å²) in [5, 5.41) is 28.7. The van der Waals surface area contributed by atoms with Gasteiger partial charge in [0, 0.05) is 91.5 Å². The van der Waals surface area contributed by atoms with E-state index in [1.54, 1.807) is 20.8 Å². The Morgan fingerprint density at radius 2 is 0.968 bits per heavy atom. The van der Waals surface area contributed by atoms with Crippen molar-refractivity contribution in [3.63, 3.8) is 0 Å². The number of amidine groups is 1. The van der Waals surface area contributed by atoms with E-state index in [2.05, 4.69) is 38.6 Å². The molecule has 0 aromatic carbocycles. The van der Waals surface area contributed by atoms with Crippen molar-refractivity contribution < 1.29 is 29.1 Å².